The number of H-pyrrole nitrogens is 2. The van der Waals surface area contributed by atoms with Crippen molar-refractivity contribution in [2.24, 2.45) is 0 Å². The van der Waals surface area contributed by atoms with Gasteiger partial charge < -0.3 is 9.72 Å². The molecule has 0 bridgehead atoms. The summed E-state index contributed by atoms with van der Waals surface area (Å²) in [6.45, 7) is 1.87. The fraction of sp³-hybridized carbons (Fsp3) is 0.0769. The van der Waals surface area contributed by atoms with E-state index in [0.29, 0.717) is 11.4 Å². The molecule has 5 heterocycles. The number of benzene rings is 1. The van der Waals surface area contributed by atoms with Crippen LogP contribution in [0.25, 0.3) is 55.7 Å². The Hall–Kier alpha value is -4.59. The largest absolute Gasteiger partial charge is 0.495 e. The highest BCUT2D eigenvalue weighted by Gasteiger charge is 2.16. The molecule has 5 aromatic heterocycles. The zero-order valence-corrected chi connectivity index (χ0v) is 18.4. The number of hydrogen-bond acceptors (Lipinski definition) is 5. The van der Waals surface area contributed by atoms with Gasteiger partial charge in [0.2, 0.25) is 0 Å². The Morgan fingerprint density at radius 3 is 2.62 bits per heavy atom. The molecule has 0 unspecified atom stereocenters. The summed E-state index contributed by atoms with van der Waals surface area (Å²) in [6, 6.07) is 12.7. The van der Waals surface area contributed by atoms with Crippen molar-refractivity contribution in [2.75, 3.05) is 7.11 Å². The first-order valence-electron chi connectivity index (χ1n) is 10.7. The van der Waals surface area contributed by atoms with Crippen molar-refractivity contribution in [1.82, 2.24) is 30.1 Å². The SMILES string of the molecule is COc1cncc(-c2ccc3[nH]nc(-c4cc5c(-c6cc(C)cc(F)c6)cncc5[nH]4)c3n2)c1. The second-order valence-corrected chi connectivity index (χ2v) is 8.13. The molecule has 0 aliphatic carbocycles. The quantitative estimate of drug-likeness (QED) is 0.360. The molecule has 0 atom stereocenters. The van der Waals surface area contributed by atoms with Crippen LogP contribution in [-0.4, -0.2) is 37.2 Å². The van der Waals surface area contributed by atoms with Gasteiger partial charge in [0, 0.05) is 28.9 Å². The Morgan fingerprint density at radius 2 is 1.76 bits per heavy atom. The summed E-state index contributed by atoms with van der Waals surface area (Å²) >= 11 is 0. The minimum absolute atomic E-state index is 0.273. The van der Waals surface area contributed by atoms with Crippen LogP contribution in [0.2, 0.25) is 0 Å². The van der Waals surface area contributed by atoms with Crippen LogP contribution in [0.3, 0.4) is 0 Å². The normalized spacial score (nSPS) is 11.4. The molecule has 6 rings (SSSR count). The van der Waals surface area contributed by atoms with Crippen LogP contribution in [0.4, 0.5) is 4.39 Å². The highest BCUT2D eigenvalue weighted by molar-refractivity contribution is 6.00. The molecular weight excluding hydrogens is 431 g/mol. The monoisotopic (exact) mass is 450 g/mol. The molecule has 0 spiro atoms. The van der Waals surface area contributed by atoms with E-state index in [2.05, 4.69) is 25.1 Å². The van der Waals surface area contributed by atoms with Crippen molar-refractivity contribution in [2.45, 2.75) is 6.92 Å². The van der Waals surface area contributed by atoms with Gasteiger partial charge in [0.05, 0.1) is 41.9 Å². The molecule has 0 fully saturated rings. The van der Waals surface area contributed by atoms with E-state index < -0.39 is 0 Å². The van der Waals surface area contributed by atoms with Gasteiger partial charge in [-0.15, -0.1) is 0 Å². The Balaban J connectivity index is 1.49. The fourth-order valence-corrected chi connectivity index (χ4v) is 4.22. The van der Waals surface area contributed by atoms with Gasteiger partial charge in [0.25, 0.3) is 0 Å². The van der Waals surface area contributed by atoms with E-state index in [1.54, 1.807) is 31.9 Å². The molecule has 0 aliphatic rings. The van der Waals surface area contributed by atoms with Gasteiger partial charge in [-0.2, -0.15) is 5.10 Å². The topological polar surface area (TPSA) is 92.4 Å². The van der Waals surface area contributed by atoms with Crippen molar-refractivity contribution in [3.8, 4) is 39.5 Å². The van der Waals surface area contributed by atoms with E-state index in [1.165, 1.54) is 12.1 Å². The van der Waals surface area contributed by atoms with Crippen molar-refractivity contribution < 1.29 is 9.13 Å². The summed E-state index contributed by atoms with van der Waals surface area (Å²) in [6.07, 6.45) is 6.91. The number of methoxy groups -OCH3 is 1. The number of hydrogen-bond donors (Lipinski definition) is 2. The summed E-state index contributed by atoms with van der Waals surface area (Å²) in [4.78, 5) is 16.8. The number of ether oxygens (including phenoxy) is 1. The minimum Gasteiger partial charge on any atom is -0.495 e. The lowest BCUT2D eigenvalue weighted by Crippen LogP contribution is -1.89. The molecule has 1 aromatic carbocycles. The smallest absolute Gasteiger partial charge is 0.137 e. The van der Waals surface area contributed by atoms with Gasteiger partial charge in [0.1, 0.15) is 22.8 Å². The van der Waals surface area contributed by atoms with Crippen LogP contribution < -0.4 is 4.74 Å². The summed E-state index contributed by atoms with van der Waals surface area (Å²) in [5.74, 6) is 0.389. The molecule has 7 nitrogen and oxygen atoms in total. The van der Waals surface area contributed by atoms with Gasteiger partial charge in [-0.25, -0.2) is 9.37 Å². The second kappa shape index (κ2) is 7.77. The predicted octanol–water partition coefficient (Wildman–Crippen LogP) is 5.69. The van der Waals surface area contributed by atoms with Crippen LogP contribution in [-0.2, 0) is 0 Å². The average molecular weight is 450 g/mol. The number of aromatic nitrogens is 6. The highest BCUT2D eigenvalue weighted by Crippen LogP contribution is 2.34. The van der Waals surface area contributed by atoms with Crippen molar-refractivity contribution in [3.63, 3.8) is 0 Å². The van der Waals surface area contributed by atoms with Gasteiger partial charge in [0.15, 0.2) is 0 Å². The van der Waals surface area contributed by atoms with Crippen LogP contribution in [0, 0.1) is 12.7 Å². The van der Waals surface area contributed by atoms with E-state index in [-0.39, 0.29) is 5.82 Å². The number of nitrogens with zero attached hydrogens (tertiary/aromatic N) is 4. The Bertz CT molecular complexity index is 1670. The number of fused-ring (bicyclic) bond motifs is 2. The Labute approximate surface area is 193 Å². The predicted molar refractivity (Wildman–Crippen MR) is 129 cm³/mol. The number of halogens is 1. The molecule has 2 N–H and O–H groups in total. The first-order valence-corrected chi connectivity index (χ1v) is 10.7. The summed E-state index contributed by atoms with van der Waals surface area (Å²) in [5.41, 5.74) is 7.92. The Morgan fingerprint density at radius 1 is 0.882 bits per heavy atom. The van der Waals surface area contributed by atoms with Gasteiger partial charge in [-0.1, -0.05) is 6.07 Å². The van der Waals surface area contributed by atoms with Gasteiger partial charge in [-0.3, -0.25) is 15.1 Å². The van der Waals surface area contributed by atoms with E-state index in [1.807, 2.05) is 37.3 Å². The molecule has 34 heavy (non-hydrogen) atoms. The fourth-order valence-electron chi connectivity index (χ4n) is 4.22. The first-order chi connectivity index (χ1) is 16.6. The molecule has 0 saturated carbocycles. The lowest BCUT2D eigenvalue weighted by molar-refractivity contribution is 0.413. The zero-order valence-electron chi connectivity index (χ0n) is 18.4. The zero-order chi connectivity index (χ0) is 23.2. The maximum absolute atomic E-state index is 14.1. The summed E-state index contributed by atoms with van der Waals surface area (Å²) in [5, 5.41) is 8.51. The summed E-state index contributed by atoms with van der Waals surface area (Å²) in [7, 11) is 1.61. The van der Waals surface area contributed by atoms with Crippen LogP contribution in [0.15, 0.2) is 67.3 Å². The second-order valence-electron chi connectivity index (χ2n) is 8.13. The maximum Gasteiger partial charge on any atom is 0.137 e. The molecule has 8 heteroatoms. The average Bonchev–Trinajstić information content (AvgIpc) is 3.46. The molecule has 0 saturated heterocycles. The number of rotatable bonds is 4. The van der Waals surface area contributed by atoms with E-state index in [0.717, 1.165) is 55.6 Å². The lowest BCUT2D eigenvalue weighted by Gasteiger charge is -2.05. The number of aryl methyl sites for hydroxylation is 1. The lowest BCUT2D eigenvalue weighted by atomic mass is 10.0. The molecule has 0 amide bonds. The van der Waals surface area contributed by atoms with E-state index in [4.69, 9.17) is 9.72 Å². The van der Waals surface area contributed by atoms with Crippen LogP contribution >= 0.6 is 0 Å². The number of pyridine rings is 3. The number of nitrogens with one attached hydrogen (secondary N) is 2. The van der Waals surface area contributed by atoms with E-state index in [9.17, 15) is 4.39 Å². The standard InChI is InChI=1S/C26H19FN6O/c1-14-5-15(7-17(27)6-14)20-12-29-13-24-19(20)9-23(30-24)26-25-22(32-33-26)4-3-21(31-25)16-8-18(34-2)11-28-10-16/h3-13,30H,1-2H3,(H,32,33). The van der Waals surface area contributed by atoms with Crippen LogP contribution in [0.1, 0.15) is 5.56 Å². The van der Waals surface area contributed by atoms with Gasteiger partial charge in [-0.05, 0) is 54.4 Å². The molecule has 6 aromatic rings. The van der Waals surface area contributed by atoms with Crippen LogP contribution in [0.5, 0.6) is 5.75 Å². The van der Waals surface area contributed by atoms with Gasteiger partial charge >= 0.3 is 0 Å². The van der Waals surface area contributed by atoms with E-state index >= 15 is 0 Å². The molecular formula is C26H19FN6O. The molecule has 0 aliphatic heterocycles. The third-order valence-corrected chi connectivity index (χ3v) is 5.81. The number of aromatic amines is 2. The van der Waals surface area contributed by atoms with Crippen molar-refractivity contribution in [1.29, 1.82) is 0 Å². The maximum atomic E-state index is 14.1. The minimum atomic E-state index is -0.273. The first kappa shape index (κ1) is 20.0. The Kier molecular flexibility index (Phi) is 4.58. The third-order valence-electron chi connectivity index (χ3n) is 5.81. The molecule has 0 radical (unpaired) electrons. The highest BCUT2D eigenvalue weighted by atomic mass is 19.1. The summed E-state index contributed by atoms with van der Waals surface area (Å²) < 4.78 is 19.4. The van der Waals surface area contributed by atoms with Crippen molar-refractivity contribution >= 4 is 21.9 Å². The molecule has 166 valence electrons. The van der Waals surface area contributed by atoms with Crippen molar-refractivity contribution in [3.05, 3.63) is 78.6 Å². The third kappa shape index (κ3) is 3.36.